The van der Waals surface area contributed by atoms with Crippen molar-refractivity contribution in [2.45, 2.75) is 72.6 Å². The lowest BCUT2D eigenvalue weighted by molar-refractivity contribution is 0.278. The SMILES string of the molecule is CCC(C)c1cccc(C(C)(C)CC(C)(C)C)c1O. The van der Waals surface area contributed by atoms with Gasteiger partial charge in [0.25, 0.3) is 0 Å². The third kappa shape index (κ3) is 3.99. The van der Waals surface area contributed by atoms with Crippen molar-refractivity contribution in [1.82, 2.24) is 0 Å². The molecule has 0 aliphatic rings. The van der Waals surface area contributed by atoms with Crippen molar-refractivity contribution in [3.05, 3.63) is 29.3 Å². The first-order valence-electron chi connectivity index (χ1n) is 7.41. The number of hydrogen-bond donors (Lipinski definition) is 1. The molecule has 19 heavy (non-hydrogen) atoms. The lowest BCUT2D eigenvalue weighted by Crippen LogP contribution is -2.25. The number of rotatable bonds is 4. The molecule has 0 saturated heterocycles. The molecular weight excluding hydrogens is 232 g/mol. The molecule has 108 valence electrons. The average Bonchev–Trinajstić information content (AvgIpc) is 2.24. The van der Waals surface area contributed by atoms with Gasteiger partial charge in [-0.1, -0.05) is 66.7 Å². The largest absolute Gasteiger partial charge is 0.507 e. The summed E-state index contributed by atoms with van der Waals surface area (Å²) in [5.74, 6) is 0.913. The van der Waals surface area contributed by atoms with Crippen molar-refractivity contribution in [1.29, 1.82) is 0 Å². The first-order chi connectivity index (χ1) is 8.58. The van der Waals surface area contributed by atoms with Crippen LogP contribution in [0.3, 0.4) is 0 Å². The van der Waals surface area contributed by atoms with Crippen LogP contribution in [0, 0.1) is 5.41 Å². The van der Waals surface area contributed by atoms with E-state index in [2.05, 4.69) is 66.7 Å². The van der Waals surface area contributed by atoms with Crippen LogP contribution in [0.1, 0.15) is 78.4 Å². The molecule has 0 spiro atoms. The highest BCUT2D eigenvalue weighted by molar-refractivity contribution is 5.46. The molecule has 1 rings (SSSR count). The van der Waals surface area contributed by atoms with E-state index in [1.165, 1.54) is 0 Å². The predicted molar refractivity (Wildman–Crippen MR) is 83.9 cm³/mol. The highest BCUT2D eigenvalue weighted by atomic mass is 16.3. The summed E-state index contributed by atoms with van der Waals surface area (Å²) in [4.78, 5) is 0. The summed E-state index contributed by atoms with van der Waals surface area (Å²) in [6.07, 6.45) is 2.11. The second kappa shape index (κ2) is 5.56. The van der Waals surface area contributed by atoms with Gasteiger partial charge in [-0.3, -0.25) is 0 Å². The summed E-state index contributed by atoms with van der Waals surface area (Å²) in [6, 6.07) is 6.22. The molecule has 1 aromatic carbocycles. The molecule has 1 N–H and O–H groups in total. The molecule has 1 aromatic rings. The summed E-state index contributed by atoms with van der Waals surface area (Å²) < 4.78 is 0. The number of phenols is 1. The van der Waals surface area contributed by atoms with E-state index < -0.39 is 0 Å². The second-order valence-electron chi connectivity index (χ2n) is 7.67. The molecule has 0 bridgehead atoms. The summed E-state index contributed by atoms with van der Waals surface area (Å²) >= 11 is 0. The summed E-state index contributed by atoms with van der Waals surface area (Å²) in [7, 11) is 0. The van der Waals surface area contributed by atoms with Gasteiger partial charge in [-0.2, -0.15) is 0 Å². The van der Waals surface area contributed by atoms with Gasteiger partial charge in [0, 0.05) is 0 Å². The molecule has 0 amide bonds. The minimum Gasteiger partial charge on any atom is -0.507 e. The first kappa shape index (κ1) is 16.1. The highest BCUT2D eigenvalue weighted by Gasteiger charge is 2.30. The lowest BCUT2D eigenvalue weighted by Gasteiger charge is -2.34. The van der Waals surface area contributed by atoms with E-state index in [4.69, 9.17) is 0 Å². The molecule has 1 nitrogen and oxygen atoms in total. The van der Waals surface area contributed by atoms with Crippen molar-refractivity contribution < 1.29 is 5.11 Å². The average molecular weight is 262 g/mol. The Bertz CT molecular complexity index is 424. The van der Waals surface area contributed by atoms with Crippen molar-refractivity contribution in [3.63, 3.8) is 0 Å². The highest BCUT2D eigenvalue weighted by Crippen LogP contribution is 2.42. The van der Waals surface area contributed by atoms with Crippen LogP contribution in [0.2, 0.25) is 0 Å². The van der Waals surface area contributed by atoms with Crippen molar-refractivity contribution in [2.24, 2.45) is 5.41 Å². The number of hydrogen-bond acceptors (Lipinski definition) is 1. The van der Waals surface area contributed by atoms with Gasteiger partial charge in [-0.05, 0) is 40.7 Å². The maximum absolute atomic E-state index is 10.6. The van der Waals surface area contributed by atoms with E-state index in [-0.39, 0.29) is 10.8 Å². The van der Waals surface area contributed by atoms with Gasteiger partial charge in [0.1, 0.15) is 5.75 Å². The van der Waals surface area contributed by atoms with E-state index in [0.29, 0.717) is 11.7 Å². The summed E-state index contributed by atoms with van der Waals surface area (Å²) in [5.41, 5.74) is 2.41. The predicted octanol–water partition coefficient (Wildman–Crippen LogP) is 5.62. The van der Waals surface area contributed by atoms with Gasteiger partial charge in [0.15, 0.2) is 0 Å². The molecular formula is C18H30O. The molecule has 0 aliphatic heterocycles. The fourth-order valence-corrected chi connectivity index (χ4v) is 3.15. The molecule has 0 heterocycles. The van der Waals surface area contributed by atoms with Crippen LogP contribution < -0.4 is 0 Å². The van der Waals surface area contributed by atoms with E-state index in [0.717, 1.165) is 24.0 Å². The van der Waals surface area contributed by atoms with Crippen LogP contribution in [0.25, 0.3) is 0 Å². The molecule has 0 aliphatic carbocycles. The second-order valence-corrected chi connectivity index (χ2v) is 7.67. The fourth-order valence-electron chi connectivity index (χ4n) is 3.15. The Balaban J connectivity index is 3.21. The molecule has 1 atom stereocenters. The Labute approximate surface area is 119 Å². The van der Waals surface area contributed by atoms with E-state index in [1.807, 2.05) is 0 Å². The number of para-hydroxylation sites is 1. The maximum atomic E-state index is 10.6. The van der Waals surface area contributed by atoms with Gasteiger partial charge in [0.05, 0.1) is 0 Å². The monoisotopic (exact) mass is 262 g/mol. The van der Waals surface area contributed by atoms with Crippen LogP contribution in [-0.2, 0) is 5.41 Å². The minimum absolute atomic E-state index is 0.00813. The smallest absolute Gasteiger partial charge is 0.122 e. The Morgan fingerprint density at radius 2 is 1.68 bits per heavy atom. The van der Waals surface area contributed by atoms with Gasteiger partial charge in [-0.25, -0.2) is 0 Å². The summed E-state index contributed by atoms with van der Waals surface area (Å²) in [5, 5.41) is 10.6. The Hall–Kier alpha value is -0.980. The van der Waals surface area contributed by atoms with Crippen LogP contribution in [0.4, 0.5) is 0 Å². The minimum atomic E-state index is -0.00813. The van der Waals surface area contributed by atoms with Crippen LogP contribution in [0.15, 0.2) is 18.2 Å². The fraction of sp³-hybridized carbons (Fsp3) is 0.667. The molecule has 0 fully saturated rings. The van der Waals surface area contributed by atoms with Gasteiger partial charge in [0.2, 0.25) is 0 Å². The van der Waals surface area contributed by atoms with E-state index in [1.54, 1.807) is 0 Å². The van der Waals surface area contributed by atoms with Crippen molar-refractivity contribution in [3.8, 4) is 5.75 Å². The molecule has 0 aromatic heterocycles. The van der Waals surface area contributed by atoms with Crippen LogP contribution in [-0.4, -0.2) is 5.11 Å². The van der Waals surface area contributed by atoms with E-state index in [9.17, 15) is 5.11 Å². The van der Waals surface area contributed by atoms with Gasteiger partial charge >= 0.3 is 0 Å². The molecule has 0 radical (unpaired) electrons. The number of phenolic OH excluding ortho intramolecular Hbond substituents is 1. The van der Waals surface area contributed by atoms with Crippen LogP contribution in [0.5, 0.6) is 5.75 Å². The van der Waals surface area contributed by atoms with Crippen LogP contribution >= 0.6 is 0 Å². The quantitative estimate of drug-likeness (QED) is 0.746. The molecule has 1 heteroatoms. The number of benzene rings is 1. The van der Waals surface area contributed by atoms with Gasteiger partial charge in [-0.15, -0.1) is 0 Å². The number of aromatic hydroxyl groups is 1. The zero-order valence-corrected chi connectivity index (χ0v) is 13.7. The maximum Gasteiger partial charge on any atom is 0.122 e. The zero-order chi connectivity index (χ0) is 14.8. The Kier molecular flexibility index (Phi) is 4.71. The molecule has 0 saturated carbocycles. The van der Waals surface area contributed by atoms with Gasteiger partial charge < -0.3 is 5.11 Å². The first-order valence-corrected chi connectivity index (χ1v) is 7.41. The third-order valence-electron chi connectivity index (χ3n) is 3.91. The topological polar surface area (TPSA) is 20.2 Å². The Morgan fingerprint density at radius 1 is 1.11 bits per heavy atom. The standard InChI is InChI=1S/C18H30O/c1-8-13(2)14-10-9-11-15(16(14)19)18(6,7)12-17(3,4)5/h9-11,13,19H,8,12H2,1-7H3. The Morgan fingerprint density at radius 3 is 2.16 bits per heavy atom. The third-order valence-corrected chi connectivity index (χ3v) is 3.91. The normalized spacial score (nSPS) is 14.5. The summed E-state index contributed by atoms with van der Waals surface area (Å²) in [6.45, 7) is 15.6. The lowest BCUT2D eigenvalue weighted by atomic mass is 9.71. The van der Waals surface area contributed by atoms with Crippen molar-refractivity contribution >= 4 is 0 Å². The van der Waals surface area contributed by atoms with E-state index >= 15 is 0 Å². The zero-order valence-electron chi connectivity index (χ0n) is 13.7. The van der Waals surface area contributed by atoms with Crippen molar-refractivity contribution in [2.75, 3.05) is 0 Å². The molecule has 1 unspecified atom stereocenters.